The molecule has 36 heavy (non-hydrogen) atoms. The number of thioether (sulfide) groups is 1. The third kappa shape index (κ3) is 4.88. The van der Waals surface area contributed by atoms with E-state index in [2.05, 4.69) is 48.3 Å². The van der Waals surface area contributed by atoms with Crippen LogP contribution in [0.3, 0.4) is 0 Å². The minimum Gasteiger partial charge on any atom is -0.483 e. The molecule has 0 unspecified atom stereocenters. The van der Waals surface area contributed by atoms with E-state index in [4.69, 9.17) is 4.74 Å². The summed E-state index contributed by atoms with van der Waals surface area (Å²) in [5.41, 5.74) is 3.11. The molecule has 4 aromatic rings. The molecule has 1 aliphatic heterocycles. The van der Waals surface area contributed by atoms with Crippen LogP contribution in [-0.4, -0.2) is 26.4 Å². The molecule has 0 aliphatic carbocycles. The van der Waals surface area contributed by atoms with Crippen LogP contribution in [0.2, 0.25) is 0 Å². The van der Waals surface area contributed by atoms with Crippen molar-refractivity contribution in [3.63, 3.8) is 0 Å². The summed E-state index contributed by atoms with van der Waals surface area (Å²) in [4.78, 5) is 17.5. The molecular formula is C28H28N4O2S2. The number of aryl methyl sites for hydroxylation is 1. The van der Waals surface area contributed by atoms with Gasteiger partial charge in [0.25, 0.3) is 0 Å². The summed E-state index contributed by atoms with van der Waals surface area (Å²) in [6.07, 6.45) is 0.722. The third-order valence-corrected chi connectivity index (χ3v) is 8.16. The number of para-hydroxylation sites is 2. The second kappa shape index (κ2) is 10.8. The number of fused-ring (bicyclic) bond motifs is 2. The lowest BCUT2D eigenvalue weighted by Crippen LogP contribution is -2.30. The molecule has 3 aromatic carbocycles. The molecule has 0 fully saturated rings. The summed E-state index contributed by atoms with van der Waals surface area (Å²) in [5.74, 6) is 1.80. The summed E-state index contributed by atoms with van der Waals surface area (Å²) in [5, 5.41) is 9.54. The van der Waals surface area contributed by atoms with Gasteiger partial charge in [-0.05, 0) is 62.2 Å². The SMILES string of the molecule is CCc1ccc(O[C@@H](C)c2nnc(SCC(=O)N3c4ccccc4Sc4ccccc43)n2CC)cc1. The highest BCUT2D eigenvalue weighted by molar-refractivity contribution is 8.00. The van der Waals surface area contributed by atoms with Crippen LogP contribution in [0.15, 0.2) is 87.7 Å². The molecular weight excluding hydrogens is 488 g/mol. The Morgan fingerprint density at radius 1 is 0.944 bits per heavy atom. The molecule has 0 N–H and O–H groups in total. The third-order valence-electron chi connectivity index (χ3n) is 6.08. The van der Waals surface area contributed by atoms with Crippen LogP contribution >= 0.6 is 23.5 Å². The minimum absolute atomic E-state index is 0.00714. The van der Waals surface area contributed by atoms with Gasteiger partial charge in [0.15, 0.2) is 17.1 Å². The fourth-order valence-electron chi connectivity index (χ4n) is 4.23. The Morgan fingerprint density at radius 3 is 2.19 bits per heavy atom. The lowest BCUT2D eigenvalue weighted by molar-refractivity contribution is -0.115. The van der Waals surface area contributed by atoms with Gasteiger partial charge in [-0.25, -0.2) is 0 Å². The van der Waals surface area contributed by atoms with Gasteiger partial charge < -0.3 is 9.30 Å². The predicted molar refractivity (Wildman–Crippen MR) is 145 cm³/mol. The molecule has 1 atom stereocenters. The van der Waals surface area contributed by atoms with Crippen LogP contribution < -0.4 is 9.64 Å². The van der Waals surface area contributed by atoms with Crippen molar-refractivity contribution in [3.05, 3.63) is 84.2 Å². The van der Waals surface area contributed by atoms with E-state index in [9.17, 15) is 4.79 Å². The maximum absolute atomic E-state index is 13.5. The zero-order chi connectivity index (χ0) is 25.1. The summed E-state index contributed by atoms with van der Waals surface area (Å²) in [7, 11) is 0. The number of nitrogens with zero attached hydrogens (tertiary/aromatic N) is 4. The molecule has 8 heteroatoms. The maximum Gasteiger partial charge on any atom is 0.242 e. The van der Waals surface area contributed by atoms with Crippen molar-refractivity contribution in [2.75, 3.05) is 10.7 Å². The van der Waals surface area contributed by atoms with Crippen molar-refractivity contribution in [2.45, 2.75) is 54.8 Å². The van der Waals surface area contributed by atoms with E-state index in [-0.39, 0.29) is 17.8 Å². The van der Waals surface area contributed by atoms with E-state index >= 15 is 0 Å². The highest BCUT2D eigenvalue weighted by atomic mass is 32.2. The van der Waals surface area contributed by atoms with Crippen LogP contribution in [0.1, 0.15) is 38.3 Å². The van der Waals surface area contributed by atoms with Gasteiger partial charge in [0, 0.05) is 16.3 Å². The average Bonchev–Trinajstić information content (AvgIpc) is 3.34. The number of amides is 1. The summed E-state index contributed by atoms with van der Waals surface area (Å²) in [6, 6.07) is 24.2. The molecule has 1 amide bonds. The molecule has 0 bridgehead atoms. The van der Waals surface area contributed by atoms with E-state index < -0.39 is 0 Å². The summed E-state index contributed by atoms with van der Waals surface area (Å²) < 4.78 is 8.17. The average molecular weight is 517 g/mol. The smallest absolute Gasteiger partial charge is 0.242 e. The number of aromatic nitrogens is 3. The number of hydrogen-bond donors (Lipinski definition) is 0. The van der Waals surface area contributed by atoms with E-state index in [0.29, 0.717) is 11.7 Å². The Bertz CT molecular complexity index is 1320. The number of carbonyl (C=O) groups is 1. The molecule has 6 nitrogen and oxygen atoms in total. The van der Waals surface area contributed by atoms with E-state index in [1.807, 2.05) is 64.9 Å². The van der Waals surface area contributed by atoms with Gasteiger partial charge in [-0.15, -0.1) is 10.2 Å². The predicted octanol–water partition coefficient (Wildman–Crippen LogP) is 6.92. The lowest BCUT2D eigenvalue weighted by atomic mass is 10.2. The lowest BCUT2D eigenvalue weighted by Gasteiger charge is -2.30. The second-order valence-corrected chi connectivity index (χ2v) is 10.4. The van der Waals surface area contributed by atoms with Crippen molar-refractivity contribution in [3.8, 4) is 5.75 Å². The number of carbonyl (C=O) groups excluding carboxylic acids is 1. The zero-order valence-electron chi connectivity index (χ0n) is 20.5. The van der Waals surface area contributed by atoms with Gasteiger partial charge >= 0.3 is 0 Å². The number of rotatable bonds is 8. The number of benzene rings is 3. The van der Waals surface area contributed by atoms with E-state index in [0.717, 1.165) is 39.2 Å². The molecule has 0 radical (unpaired) electrons. The Hall–Kier alpha value is -3.23. The molecule has 2 heterocycles. The number of hydrogen-bond acceptors (Lipinski definition) is 6. The number of anilines is 2. The van der Waals surface area contributed by atoms with Crippen molar-refractivity contribution >= 4 is 40.8 Å². The first kappa shape index (κ1) is 24.5. The summed E-state index contributed by atoms with van der Waals surface area (Å²) in [6.45, 7) is 6.85. The standard InChI is InChI=1S/C28H28N4O2S2/c1-4-20-14-16-21(17-15-20)34-19(3)27-29-30-28(31(27)5-2)35-18-26(33)32-22-10-6-8-12-24(22)36-25-13-9-7-11-23(25)32/h6-17,19H,4-5,18H2,1-3H3/t19-/m0/s1. The van der Waals surface area contributed by atoms with E-state index in [1.165, 1.54) is 17.3 Å². The van der Waals surface area contributed by atoms with Gasteiger partial charge in [0.2, 0.25) is 5.91 Å². The maximum atomic E-state index is 13.5. The molecule has 0 saturated heterocycles. The van der Waals surface area contributed by atoms with Crippen molar-refractivity contribution in [1.29, 1.82) is 0 Å². The largest absolute Gasteiger partial charge is 0.483 e. The minimum atomic E-state index is -0.271. The zero-order valence-corrected chi connectivity index (χ0v) is 22.2. The fraction of sp³-hybridized carbons (Fsp3) is 0.250. The van der Waals surface area contributed by atoms with Gasteiger partial charge in [-0.1, -0.05) is 66.8 Å². The summed E-state index contributed by atoms with van der Waals surface area (Å²) >= 11 is 3.10. The first-order valence-corrected chi connectivity index (χ1v) is 13.9. The van der Waals surface area contributed by atoms with Gasteiger partial charge in [-0.2, -0.15) is 0 Å². The highest BCUT2D eigenvalue weighted by Crippen LogP contribution is 2.48. The van der Waals surface area contributed by atoms with Crippen LogP contribution in [0.25, 0.3) is 0 Å². The topological polar surface area (TPSA) is 60.3 Å². The first-order chi connectivity index (χ1) is 17.6. The monoisotopic (exact) mass is 516 g/mol. The Labute approximate surface area is 220 Å². The Morgan fingerprint density at radius 2 is 1.58 bits per heavy atom. The molecule has 1 aromatic heterocycles. The Balaban J connectivity index is 1.32. The number of ether oxygens (including phenoxy) is 1. The van der Waals surface area contributed by atoms with Crippen LogP contribution in [0.5, 0.6) is 5.75 Å². The van der Waals surface area contributed by atoms with Crippen LogP contribution in [-0.2, 0) is 17.8 Å². The Kier molecular flexibility index (Phi) is 7.34. The van der Waals surface area contributed by atoms with E-state index in [1.54, 1.807) is 11.8 Å². The van der Waals surface area contributed by atoms with Crippen molar-refractivity contribution < 1.29 is 9.53 Å². The molecule has 184 valence electrons. The van der Waals surface area contributed by atoms with Gasteiger partial charge in [-0.3, -0.25) is 9.69 Å². The fourth-order valence-corrected chi connectivity index (χ4v) is 6.15. The molecule has 0 saturated carbocycles. The van der Waals surface area contributed by atoms with Gasteiger partial charge in [0.1, 0.15) is 5.75 Å². The quantitative estimate of drug-likeness (QED) is 0.237. The molecule has 5 rings (SSSR count). The first-order valence-electron chi connectivity index (χ1n) is 12.1. The molecule has 0 spiro atoms. The van der Waals surface area contributed by atoms with Crippen molar-refractivity contribution in [2.24, 2.45) is 0 Å². The van der Waals surface area contributed by atoms with Crippen molar-refractivity contribution in [1.82, 2.24) is 14.8 Å². The molecule has 1 aliphatic rings. The highest BCUT2D eigenvalue weighted by Gasteiger charge is 2.28. The van der Waals surface area contributed by atoms with Gasteiger partial charge in [0.05, 0.1) is 17.1 Å². The van der Waals surface area contributed by atoms with Crippen LogP contribution in [0, 0.1) is 0 Å². The normalized spacial score (nSPS) is 13.1. The second-order valence-electron chi connectivity index (χ2n) is 8.40. The van der Waals surface area contributed by atoms with Crippen LogP contribution in [0.4, 0.5) is 11.4 Å².